The third-order valence-electron chi connectivity index (χ3n) is 2.34. The van der Waals surface area contributed by atoms with Gasteiger partial charge in [-0.2, -0.15) is 11.8 Å². The Morgan fingerprint density at radius 3 is 2.88 bits per heavy atom. The van der Waals surface area contributed by atoms with Crippen molar-refractivity contribution >= 4 is 35.1 Å². The Morgan fingerprint density at radius 1 is 1.59 bits per heavy atom. The number of aliphatic hydroxyl groups is 1. The van der Waals surface area contributed by atoms with E-state index in [-0.39, 0.29) is 11.4 Å². The minimum atomic E-state index is -0.938. The molecule has 1 heterocycles. The van der Waals surface area contributed by atoms with E-state index in [9.17, 15) is 9.90 Å². The average molecular weight is 272 g/mol. The summed E-state index contributed by atoms with van der Waals surface area (Å²) in [5.41, 5.74) is 0.947. The van der Waals surface area contributed by atoms with E-state index in [0.29, 0.717) is 0 Å². The van der Waals surface area contributed by atoms with Crippen LogP contribution in [0.2, 0.25) is 0 Å². The molecule has 0 spiro atoms. The Hall–Kier alpha value is -0.780. The van der Waals surface area contributed by atoms with E-state index in [0.717, 1.165) is 22.3 Å². The summed E-state index contributed by atoms with van der Waals surface area (Å²) in [5, 5.41) is 20.1. The van der Waals surface area contributed by atoms with E-state index in [1.54, 1.807) is 36.1 Å². The minimum Gasteiger partial charge on any atom is -0.478 e. The van der Waals surface area contributed by atoms with Crippen molar-refractivity contribution in [1.29, 1.82) is 0 Å². The molecule has 0 aromatic carbocycles. The summed E-state index contributed by atoms with van der Waals surface area (Å²) in [6.45, 7) is 3.76. The first-order chi connectivity index (χ1) is 8.00. The number of carbonyl (C=O) groups is 1. The molecule has 1 aromatic heterocycles. The van der Waals surface area contributed by atoms with Gasteiger partial charge in [-0.25, -0.2) is 4.79 Å². The maximum Gasteiger partial charge on any atom is 0.328 e. The molecule has 94 valence electrons. The SMILES string of the molecule is CC(O)C(C)SCc1sccc1/C=C/C(=O)O. The Morgan fingerprint density at radius 2 is 2.29 bits per heavy atom. The first kappa shape index (κ1) is 14.3. The predicted molar refractivity (Wildman–Crippen MR) is 73.4 cm³/mol. The number of thioether (sulfide) groups is 1. The number of aliphatic carboxylic acids is 1. The zero-order valence-electron chi connectivity index (χ0n) is 9.79. The summed E-state index contributed by atoms with van der Waals surface area (Å²) in [5.74, 6) is -0.143. The summed E-state index contributed by atoms with van der Waals surface area (Å²) >= 11 is 3.28. The molecule has 0 saturated heterocycles. The second-order valence-electron chi connectivity index (χ2n) is 3.73. The molecule has 0 aliphatic carbocycles. The lowest BCUT2D eigenvalue weighted by atomic mass is 10.2. The highest BCUT2D eigenvalue weighted by atomic mass is 32.2. The first-order valence-electron chi connectivity index (χ1n) is 5.27. The molecule has 0 aliphatic heterocycles. The Labute approximate surface area is 109 Å². The van der Waals surface area contributed by atoms with Gasteiger partial charge in [-0.15, -0.1) is 11.3 Å². The van der Waals surface area contributed by atoms with Crippen LogP contribution in [0.15, 0.2) is 17.5 Å². The van der Waals surface area contributed by atoms with Crippen LogP contribution in [0.4, 0.5) is 0 Å². The molecule has 2 atom stereocenters. The third-order valence-corrected chi connectivity index (χ3v) is 4.84. The van der Waals surface area contributed by atoms with Crippen molar-refractivity contribution in [3.05, 3.63) is 28.0 Å². The number of hydrogen-bond donors (Lipinski definition) is 2. The average Bonchev–Trinajstić information content (AvgIpc) is 2.70. The van der Waals surface area contributed by atoms with Crippen LogP contribution in [0, 0.1) is 0 Å². The van der Waals surface area contributed by atoms with Crippen LogP contribution in [0.25, 0.3) is 6.08 Å². The Kier molecular flexibility index (Phi) is 5.74. The van der Waals surface area contributed by atoms with E-state index in [1.807, 2.05) is 18.4 Å². The molecular weight excluding hydrogens is 256 g/mol. The lowest BCUT2D eigenvalue weighted by Gasteiger charge is -2.13. The maximum absolute atomic E-state index is 10.4. The van der Waals surface area contributed by atoms with Crippen LogP contribution in [0.3, 0.4) is 0 Å². The normalized spacial score (nSPS) is 15.0. The maximum atomic E-state index is 10.4. The molecule has 17 heavy (non-hydrogen) atoms. The van der Waals surface area contributed by atoms with E-state index in [4.69, 9.17) is 5.11 Å². The summed E-state index contributed by atoms with van der Waals surface area (Å²) < 4.78 is 0. The molecule has 0 bridgehead atoms. The van der Waals surface area contributed by atoms with Crippen LogP contribution in [0.1, 0.15) is 24.3 Å². The highest BCUT2D eigenvalue weighted by Crippen LogP contribution is 2.27. The van der Waals surface area contributed by atoms with Crippen molar-refractivity contribution < 1.29 is 15.0 Å². The highest BCUT2D eigenvalue weighted by Gasteiger charge is 2.10. The predicted octanol–water partition coefficient (Wildman–Crippen LogP) is 2.85. The van der Waals surface area contributed by atoms with Crippen molar-refractivity contribution in [3.8, 4) is 0 Å². The molecule has 0 aliphatic rings. The van der Waals surface area contributed by atoms with Crippen LogP contribution in [0.5, 0.6) is 0 Å². The molecule has 0 amide bonds. The van der Waals surface area contributed by atoms with Crippen molar-refractivity contribution in [2.45, 2.75) is 31.0 Å². The fourth-order valence-electron chi connectivity index (χ4n) is 1.12. The quantitative estimate of drug-likeness (QED) is 0.782. The van der Waals surface area contributed by atoms with Crippen molar-refractivity contribution in [1.82, 2.24) is 0 Å². The minimum absolute atomic E-state index is 0.174. The standard InChI is InChI=1S/C12H16O3S2/c1-8(13)9(2)17-7-11-10(5-6-16-11)3-4-12(14)15/h3-6,8-9,13H,7H2,1-2H3,(H,14,15)/b4-3+. The molecule has 2 N–H and O–H groups in total. The van der Waals surface area contributed by atoms with Gasteiger partial charge in [0.15, 0.2) is 0 Å². The number of carboxylic acids is 1. The van der Waals surface area contributed by atoms with Gasteiger partial charge >= 0.3 is 5.97 Å². The van der Waals surface area contributed by atoms with Crippen LogP contribution < -0.4 is 0 Å². The lowest BCUT2D eigenvalue weighted by Crippen LogP contribution is -2.15. The summed E-state index contributed by atoms with van der Waals surface area (Å²) in [7, 11) is 0. The van der Waals surface area contributed by atoms with Gasteiger partial charge in [-0.05, 0) is 30.0 Å². The van der Waals surface area contributed by atoms with Gasteiger partial charge in [0.2, 0.25) is 0 Å². The van der Waals surface area contributed by atoms with Gasteiger partial charge in [0, 0.05) is 22.0 Å². The van der Waals surface area contributed by atoms with Crippen LogP contribution >= 0.6 is 23.1 Å². The van der Waals surface area contributed by atoms with E-state index in [1.165, 1.54) is 0 Å². The zero-order valence-corrected chi connectivity index (χ0v) is 11.4. The smallest absolute Gasteiger partial charge is 0.328 e. The summed E-state index contributed by atoms with van der Waals surface area (Å²) in [6, 6.07) is 1.91. The van der Waals surface area contributed by atoms with Gasteiger partial charge in [-0.3, -0.25) is 0 Å². The monoisotopic (exact) mass is 272 g/mol. The molecule has 3 nitrogen and oxygen atoms in total. The van der Waals surface area contributed by atoms with Gasteiger partial charge in [-0.1, -0.05) is 6.92 Å². The fourth-order valence-corrected chi connectivity index (χ4v) is 3.11. The Balaban J connectivity index is 2.60. The van der Waals surface area contributed by atoms with Gasteiger partial charge in [0.05, 0.1) is 6.10 Å². The van der Waals surface area contributed by atoms with Gasteiger partial charge < -0.3 is 10.2 Å². The number of hydrogen-bond acceptors (Lipinski definition) is 4. The zero-order chi connectivity index (χ0) is 12.8. The third kappa shape index (κ3) is 4.93. The fraction of sp³-hybridized carbons (Fsp3) is 0.417. The topological polar surface area (TPSA) is 57.5 Å². The number of carboxylic acid groups (broad SMARTS) is 1. The number of aliphatic hydroxyl groups excluding tert-OH is 1. The molecule has 5 heteroatoms. The number of thiophene rings is 1. The molecule has 2 unspecified atom stereocenters. The first-order valence-corrected chi connectivity index (χ1v) is 7.20. The molecule has 1 aromatic rings. The largest absolute Gasteiger partial charge is 0.478 e. The summed E-state index contributed by atoms with van der Waals surface area (Å²) in [6.07, 6.45) is 2.42. The second-order valence-corrected chi connectivity index (χ2v) is 6.09. The molecule has 0 fully saturated rings. The molecule has 0 saturated carbocycles. The van der Waals surface area contributed by atoms with E-state index in [2.05, 4.69) is 0 Å². The van der Waals surface area contributed by atoms with Gasteiger partial charge in [0.25, 0.3) is 0 Å². The van der Waals surface area contributed by atoms with Gasteiger partial charge in [0.1, 0.15) is 0 Å². The van der Waals surface area contributed by atoms with E-state index < -0.39 is 5.97 Å². The van der Waals surface area contributed by atoms with Crippen molar-refractivity contribution in [3.63, 3.8) is 0 Å². The number of rotatable bonds is 6. The summed E-state index contributed by atoms with van der Waals surface area (Å²) in [4.78, 5) is 11.6. The van der Waals surface area contributed by atoms with Crippen LogP contribution in [-0.2, 0) is 10.5 Å². The lowest BCUT2D eigenvalue weighted by molar-refractivity contribution is -0.131. The second kappa shape index (κ2) is 6.83. The van der Waals surface area contributed by atoms with Crippen molar-refractivity contribution in [2.75, 3.05) is 0 Å². The van der Waals surface area contributed by atoms with Crippen LogP contribution in [-0.4, -0.2) is 27.5 Å². The van der Waals surface area contributed by atoms with Crippen molar-refractivity contribution in [2.24, 2.45) is 0 Å². The highest BCUT2D eigenvalue weighted by molar-refractivity contribution is 7.99. The molecule has 0 radical (unpaired) electrons. The molecule has 1 rings (SSSR count). The Bertz CT molecular complexity index is 396. The van der Waals surface area contributed by atoms with E-state index >= 15 is 0 Å². The molecular formula is C12H16O3S2.